The molecule has 3 aromatic rings. The number of carbonyl (C=O) groups excluding carboxylic acids is 1. The van der Waals surface area contributed by atoms with Crippen LogP contribution in [0.2, 0.25) is 0 Å². The first kappa shape index (κ1) is 22.9. The lowest BCUT2D eigenvalue weighted by Gasteiger charge is -2.35. The van der Waals surface area contributed by atoms with Crippen LogP contribution in [0, 0.1) is 23.2 Å². The third-order valence-electron chi connectivity index (χ3n) is 5.60. The average molecular weight is 465 g/mol. The quantitative estimate of drug-likeness (QED) is 0.499. The van der Waals surface area contributed by atoms with Crippen LogP contribution in [-0.4, -0.2) is 39.5 Å². The molecule has 3 heterocycles. The Kier molecular flexibility index (Phi) is 7.35. The Labute approximate surface area is 198 Å². The SMILES string of the molecule is CC1CC(C)CN(c2nnc(SCC(=O)Nc3ccc(CC#N)cc3)n2Cc2ccco2)C1. The summed E-state index contributed by atoms with van der Waals surface area (Å²) in [6.45, 7) is 6.92. The molecule has 2 unspecified atom stereocenters. The zero-order valence-electron chi connectivity index (χ0n) is 18.9. The number of nitriles is 1. The van der Waals surface area contributed by atoms with Gasteiger partial charge in [-0.05, 0) is 48.1 Å². The maximum absolute atomic E-state index is 12.5. The number of amides is 1. The van der Waals surface area contributed by atoms with Gasteiger partial charge in [0.25, 0.3) is 0 Å². The largest absolute Gasteiger partial charge is 0.467 e. The first-order chi connectivity index (χ1) is 16.0. The molecule has 1 aliphatic heterocycles. The molecule has 172 valence electrons. The lowest BCUT2D eigenvalue weighted by molar-refractivity contribution is -0.113. The van der Waals surface area contributed by atoms with E-state index in [-0.39, 0.29) is 11.7 Å². The molecule has 1 saturated heterocycles. The van der Waals surface area contributed by atoms with E-state index in [9.17, 15) is 4.79 Å². The van der Waals surface area contributed by atoms with Gasteiger partial charge in [-0.15, -0.1) is 10.2 Å². The number of piperidine rings is 1. The molecule has 1 fully saturated rings. The number of benzene rings is 1. The number of aromatic nitrogens is 3. The van der Waals surface area contributed by atoms with Crippen LogP contribution in [-0.2, 0) is 17.8 Å². The number of hydrogen-bond donors (Lipinski definition) is 1. The zero-order chi connectivity index (χ0) is 23.2. The number of nitrogens with zero attached hydrogens (tertiary/aromatic N) is 5. The van der Waals surface area contributed by atoms with E-state index in [1.807, 2.05) is 41.0 Å². The van der Waals surface area contributed by atoms with Crippen LogP contribution in [0.15, 0.2) is 52.2 Å². The number of nitrogens with one attached hydrogen (secondary N) is 1. The fourth-order valence-corrected chi connectivity index (χ4v) is 5.00. The van der Waals surface area contributed by atoms with Crippen molar-refractivity contribution in [3.05, 3.63) is 54.0 Å². The minimum atomic E-state index is -0.123. The Morgan fingerprint density at radius 1 is 1.21 bits per heavy atom. The molecule has 0 bridgehead atoms. The Hall–Kier alpha value is -3.25. The second-order valence-electron chi connectivity index (χ2n) is 8.67. The highest BCUT2D eigenvalue weighted by molar-refractivity contribution is 7.99. The van der Waals surface area contributed by atoms with Gasteiger partial charge in [-0.25, -0.2) is 0 Å². The molecule has 0 aliphatic carbocycles. The maximum Gasteiger partial charge on any atom is 0.234 e. The summed E-state index contributed by atoms with van der Waals surface area (Å²) in [5.41, 5.74) is 1.63. The van der Waals surface area contributed by atoms with Gasteiger partial charge < -0.3 is 14.6 Å². The van der Waals surface area contributed by atoms with E-state index in [1.165, 1.54) is 18.2 Å². The van der Waals surface area contributed by atoms with Crippen molar-refractivity contribution in [2.75, 3.05) is 29.1 Å². The molecule has 2 atom stereocenters. The molecule has 0 spiro atoms. The van der Waals surface area contributed by atoms with E-state index in [1.54, 1.807) is 6.26 Å². The van der Waals surface area contributed by atoms with Gasteiger partial charge in [-0.3, -0.25) is 9.36 Å². The van der Waals surface area contributed by atoms with E-state index in [4.69, 9.17) is 9.68 Å². The number of thioether (sulfide) groups is 1. The van der Waals surface area contributed by atoms with Crippen molar-refractivity contribution in [2.45, 2.75) is 38.4 Å². The number of anilines is 2. The molecule has 1 amide bonds. The normalized spacial score (nSPS) is 18.2. The minimum absolute atomic E-state index is 0.123. The highest BCUT2D eigenvalue weighted by Crippen LogP contribution is 2.29. The van der Waals surface area contributed by atoms with Gasteiger partial charge in [0.15, 0.2) is 5.16 Å². The van der Waals surface area contributed by atoms with Crippen molar-refractivity contribution in [1.29, 1.82) is 5.26 Å². The standard InChI is InChI=1S/C24H28N6O2S/c1-17-12-18(2)14-29(13-17)23-27-28-24(30(23)15-21-4-3-11-32-21)33-16-22(31)26-20-7-5-19(6-8-20)9-10-25/h3-8,11,17-18H,9,12-16H2,1-2H3,(H,26,31). The molecule has 4 rings (SSSR count). The van der Waals surface area contributed by atoms with Crippen molar-refractivity contribution in [2.24, 2.45) is 11.8 Å². The molecule has 1 aliphatic rings. The number of hydrogen-bond acceptors (Lipinski definition) is 7. The summed E-state index contributed by atoms with van der Waals surface area (Å²) in [4.78, 5) is 14.8. The van der Waals surface area contributed by atoms with Gasteiger partial charge in [0.2, 0.25) is 11.9 Å². The topological polar surface area (TPSA) is 100.0 Å². The van der Waals surface area contributed by atoms with Gasteiger partial charge >= 0.3 is 0 Å². The van der Waals surface area contributed by atoms with Gasteiger partial charge in [0.1, 0.15) is 5.76 Å². The molecule has 0 saturated carbocycles. The molecule has 1 aromatic carbocycles. The first-order valence-corrected chi connectivity index (χ1v) is 12.1. The smallest absolute Gasteiger partial charge is 0.234 e. The monoisotopic (exact) mass is 464 g/mol. The Balaban J connectivity index is 1.45. The molecule has 33 heavy (non-hydrogen) atoms. The van der Waals surface area contributed by atoms with Gasteiger partial charge in [0, 0.05) is 18.8 Å². The summed E-state index contributed by atoms with van der Waals surface area (Å²) in [7, 11) is 0. The summed E-state index contributed by atoms with van der Waals surface area (Å²) in [5.74, 6) is 2.90. The van der Waals surface area contributed by atoms with Crippen LogP contribution in [0.1, 0.15) is 31.6 Å². The van der Waals surface area contributed by atoms with Crippen LogP contribution in [0.3, 0.4) is 0 Å². The van der Waals surface area contributed by atoms with E-state index >= 15 is 0 Å². The van der Waals surface area contributed by atoms with Gasteiger partial charge in [0.05, 0.1) is 31.1 Å². The molecule has 9 heteroatoms. The summed E-state index contributed by atoms with van der Waals surface area (Å²) < 4.78 is 7.61. The molecular formula is C24H28N6O2S. The second kappa shape index (κ2) is 10.6. The van der Waals surface area contributed by atoms with E-state index in [2.05, 4.69) is 40.3 Å². The third-order valence-corrected chi connectivity index (χ3v) is 6.56. The maximum atomic E-state index is 12.5. The number of carbonyl (C=O) groups is 1. The average Bonchev–Trinajstić information content (AvgIpc) is 3.44. The van der Waals surface area contributed by atoms with Crippen molar-refractivity contribution in [3.8, 4) is 6.07 Å². The van der Waals surface area contributed by atoms with E-state index < -0.39 is 0 Å². The van der Waals surface area contributed by atoms with E-state index in [0.29, 0.717) is 35.6 Å². The Morgan fingerprint density at radius 2 is 1.97 bits per heavy atom. The van der Waals surface area contributed by atoms with Crippen LogP contribution >= 0.6 is 11.8 Å². The van der Waals surface area contributed by atoms with Crippen LogP contribution in [0.5, 0.6) is 0 Å². The highest BCUT2D eigenvalue weighted by atomic mass is 32.2. The first-order valence-electron chi connectivity index (χ1n) is 11.1. The fourth-order valence-electron chi connectivity index (χ4n) is 4.27. The fraction of sp³-hybridized carbons (Fsp3) is 0.417. The number of furan rings is 1. The van der Waals surface area contributed by atoms with E-state index in [0.717, 1.165) is 30.4 Å². The third kappa shape index (κ3) is 5.96. The van der Waals surface area contributed by atoms with Crippen LogP contribution < -0.4 is 10.2 Å². The molecule has 0 radical (unpaired) electrons. The van der Waals surface area contributed by atoms with Crippen molar-refractivity contribution < 1.29 is 9.21 Å². The van der Waals surface area contributed by atoms with Gasteiger partial charge in [-0.1, -0.05) is 37.7 Å². The predicted octanol–water partition coefficient (Wildman–Crippen LogP) is 4.20. The predicted molar refractivity (Wildman–Crippen MR) is 128 cm³/mol. The Morgan fingerprint density at radius 3 is 2.64 bits per heavy atom. The lowest BCUT2D eigenvalue weighted by Crippen LogP contribution is -2.40. The molecule has 1 N–H and O–H groups in total. The summed E-state index contributed by atoms with van der Waals surface area (Å²) in [6, 6.07) is 13.2. The second-order valence-corrected chi connectivity index (χ2v) is 9.61. The lowest BCUT2D eigenvalue weighted by atomic mass is 9.92. The summed E-state index contributed by atoms with van der Waals surface area (Å²) in [6.07, 6.45) is 3.22. The Bertz CT molecular complexity index is 1090. The zero-order valence-corrected chi connectivity index (χ0v) is 19.7. The van der Waals surface area contributed by atoms with Crippen LogP contribution in [0.4, 0.5) is 11.6 Å². The van der Waals surface area contributed by atoms with Crippen molar-refractivity contribution >= 4 is 29.3 Å². The van der Waals surface area contributed by atoms with Crippen molar-refractivity contribution in [1.82, 2.24) is 14.8 Å². The van der Waals surface area contributed by atoms with Crippen LogP contribution in [0.25, 0.3) is 0 Å². The van der Waals surface area contributed by atoms with Crippen molar-refractivity contribution in [3.63, 3.8) is 0 Å². The van der Waals surface area contributed by atoms with Gasteiger partial charge in [-0.2, -0.15) is 5.26 Å². The minimum Gasteiger partial charge on any atom is -0.467 e. The summed E-state index contributed by atoms with van der Waals surface area (Å²) in [5, 5.41) is 21.3. The summed E-state index contributed by atoms with van der Waals surface area (Å²) >= 11 is 1.36. The molecular weight excluding hydrogens is 436 g/mol. The highest BCUT2D eigenvalue weighted by Gasteiger charge is 2.27. The molecule has 2 aromatic heterocycles. The molecule has 8 nitrogen and oxygen atoms in total. The number of rotatable bonds is 8.